The molecule has 0 unspecified atom stereocenters. The number of nitrogens with zero attached hydrogens (tertiary/aromatic N) is 1. The summed E-state index contributed by atoms with van der Waals surface area (Å²) in [6, 6.07) is 8.82. The average Bonchev–Trinajstić information content (AvgIpc) is 2.86. The lowest BCUT2D eigenvalue weighted by molar-refractivity contribution is 0.413. The normalized spacial score (nSPS) is 12.9. The molecule has 0 saturated heterocycles. The molecule has 0 aliphatic heterocycles. The molecule has 1 heterocycles. The molecule has 0 aliphatic carbocycles. The summed E-state index contributed by atoms with van der Waals surface area (Å²) in [5, 5.41) is 1.95. The van der Waals surface area contributed by atoms with Gasteiger partial charge in [-0.2, -0.15) is 4.67 Å². The minimum atomic E-state index is -1.42. The van der Waals surface area contributed by atoms with E-state index in [-0.39, 0.29) is 22.9 Å². The summed E-state index contributed by atoms with van der Waals surface area (Å²) in [5.74, 6) is 1.60. The summed E-state index contributed by atoms with van der Waals surface area (Å²) in [7, 11) is 2.00. The lowest BCUT2D eigenvalue weighted by Crippen LogP contribution is -2.34. The van der Waals surface area contributed by atoms with E-state index in [0.717, 1.165) is 44.6 Å². The smallest absolute Gasteiger partial charge is 0.310 e. The zero-order valence-electron chi connectivity index (χ0n) is 23.0. The topological polar surface area (TPSA) is 48.0 Å². The number of methoxy groups -OCH3 is 2. The van der Waals surface area contributed by atoms with Crippen molar-refractivity contribution in [3.63, 3.8) is 0 Å². The van der Waals surface area contributed by atoms with Gasteiger partial charge >= 0.3 is 8.16 Å². The van der Waals surface area contributed by atoms with Gasteiger partial charge in [0.25, 0.3) is 0 Å². The van der Waals surface area contributed by atoms with Crippen molar-refractivity contribution in [2.75, 3.05) is 18.9 Å². The molecule has 0 amide bonds. The lowest BCUT2D eigenvalue weighted by Gasteiger charge is -2.27. The summed E-state index contributed by atoms with van der Waals surface area (Å²) in [6.07, 6.45) is 0. The second kappa shape index (κ2) is 9.51. The second-order valence-electron chi connectivity index (χ2n) is 11.6. The van der Waals surface area contributed by atoms with Gasteiger partial charge in [-0.3, -0.25) is 0 Å². The van der Waals surface area contributed by atoms with Gasteiger partial charge in [0.1, 0.15) is 22.7 Å². The van der Waals surface area contributed by atoms with Gasteiger partial charge in [-0.05, 0) is 62.8 Å². The van der Waals surface area contributed by atoms with Gasteiger partial charge in [0.05, 0.1) is 14.2 Å². The van der Waals surface area contributed by atoms with Crippen LogP contribution in [0.1, 0.15) is 80.4 Å². The summed E-state index contributed by atoms with van der Waals surface area (Å²) in [4.78, 5) is 0. The molecule has 0 bridgehead atoms. The van der Waals surface area contributed by atoms with Crippen LogP contribution in [-0.4, -0.2) is 26.3 Å². The Labute approximate surface area is 206 Å². The quantitative estimate of drug-likeness (QED) is 0.360. The van der Waals surface area contributed by atoms with Gasteiger partial charge in [-0.25, -0.2) is 0 Å². The average molecular weight is 488 g/mol. The van der Waals surface area contributed by atoms with Crippen molar-refractivity contribution in [2.24, 2.45) is 0 Å². The summed E-state index contributed by atoms with van der Waals surface area (Å²) in [6.45, 7) is 22.0. The SMILES string of the molecule is COc1cc(C(C)(C)C)c2op(N(C(C)C)C(C)C)oc3c(C(C)(C)C)cc(OC)cc3c2c1. The molecule has 6 heteroatoms. The number of fused-ring (bicyclic) bond motifs is 3. The molecule has 188 valence electrons. The summed E-state index contributed by atoms with van der Waals surface area (Å²) < 4.78 is 27.6. The van der Waals surface area contributed by atoms with E-state index < -0.39 is 8.16 Å². The van der Waals surface area contributed by atoms with Crippen LogP contribution in [0.15, 0.2) is 32.7 Å². The van der Waals surface area contributed by atoms with Gasteiger partial charge in [-0.15, -0.1) is 0 Å². The number of ether oxygens (including phenoxy) is 2. The van der Waals surface area contributed by atoms with Crippen molar-refractivity contribution in [1.29, 1.82) is 0 Å². The first-order valence-corrected chi connectivity index (χ1v) is 13.2. The Balaban J connectivity index is 2.73. The van der Waals surface area contributed by atoms with E-state index in [2.05, 4.69) is 98.2 Å². The van der Waals surface area contributed by atoms with Crippen molar-refractivity contribution >= 4 is 30.1 Å². The molecule has 3 aromatic rings. The van der Waals surface area contributed by atoms with Crippen molar-refractivity contribution in [3.8, 4) is 11.5 Å². The molecule has 5 nitrogen and oxygen atoms in total. The Hall–Kier alpha value is -2.10. The summed E-state index contributed by atoms with van der Waals surface area (Å²) in [5.41, 5.74) is 3.60. The van der Waals surface area contributed by atoms with Gasteiger partial charge < -0.3 is 17.9 Å². The van der Waals surface area contributed by atoms with Crippen molar-refractivity contribution < 1.29 is 17.9 Å². The van der Waals surface area contributed by atoms with Crippen LogP contribution in [0.2, 0.25) is 0 Å². The van der Waals surface area contributed by atoms with E-state index in [1.807, 2.05) is 0 Å². The third-order valence-electron chi connectivity index (χ3n) is 6.09. The maximum Gasteiger partial charge on any atom is 0.310 e. The van der Waals surface area contributed by atoms with E-state index in [1.165, 1.54) is 0 Å². The molecule has 3 rings (SSSR count). The zero-order valence-corrected chi connectivity index (χ0v) is 23.9. The first-order chi connectivity index (χ1) is 15.7. The predicted molar refractivity (Wildman–Crippen MR) is 145 cm³/mol. The van der Waals surface area contributed by atoms with Crippen LogP contribution in [0.4, 0.5) is 0 Å². The van der Waals surface area contributed by atoms with E-state index in [1.54, 1.807) is 14.2 Å². The Morgan fingerprint density at radius 3 is 1.29 bits per heavy atom. The Bertz CT molecular complexity index is 1120. The molecule has 0 aliphatic rings. The zero-order chi connectivity index (χ0) is 25.6. The largest absolute Gasteiger partial charge is 0.497 e. The molecule has 34 heavy (non-hydrogen) atoms. The van der Waals surface area contributed by atoms with Crippen LogP contribution >= 0.6 is 8.16 Å². The van der Waals surface area contributed by atoms with Crippen LogP contribution in [0.3, 0.4) is 0 Å². The van der Waals surface area contributed by atoms with Crippen molar-refractivity contribution in [1.82, 2.24) is 0 Å². The Kier molecular flexibility index (Phi) is 7.41. The van der Waals surface area contributed by atoms with E-state index >= 15 is 0 Å². The van der Waals surface area contributed by atoms with Crippen LogP contribution in [0.5, 0.6) is 11.5 Å². The number of benzene rings is 2. The molecular weight excluding hydrogens is 445 g/mol. The summed E-state index contributed by atoms with van der Waals surface area (Å²) >= 11 is 0. The fraction of sp³-hybridized carbons (Fsp3) is 0.571. The van der Waals surface area contributed by atoms with Crippen LogP contribution < -0.4 is 14.1 Å². The fourth-order valence-electron chi connectivity index (χ4n) is 4.39. The highest BCUT2D eigenvalue weighted by Gasteiger charge is 2.28. The first-order valence-electron chi connectivity index (χ1n) is 12.1. The maximum atomic E-state index is 6.89. The monoisotopic (exact) mass is 487 g/mol. The van der Waals surface area contributed by atoms with Gasteiger partial charge in [0, 0.05) is 34.0 Å². The minimum Gasteiger partial charge on any atom is -0.497 e. The molecule has 0 fully saturated rings. The van der Waals surface area contributed by atoms with E-state index in [4.69, 9.17) is 17.9 Å². The first kappa shape index (κ1) is 26.5. The Morgan fingerprint density at radius 1 is 0.676 bits per heavy atom. The highest BCUT2D eigenvalue weighted by Crippen LogP contribution is 2.46. The standard InChI is InChI=1S/C28H42NO4P/c1-17(2)29(18(3)4)34-32-25-21(13-19(30-11)15-23(25)27(5,6)7)22-14-20(31-12)16-24(26(22)33-34)28(8,9)10/h13-18H,1-12H3. The molecule has 0 saturated carbocycles. The molecule has 0 spiro atoms. The third kappa shape index (κ3) is 5.11. The number of hydrogen-bond donors (Lipinski definition) is 0. The van der Waals surface area contributed by atoms with Crippen LogP contribution in [0.25, 0.3) is 21.9 Å². The highest BCUT2D eigenvalue weighted by molar-refractivity contribution is 7.39. The van der Waals surface area contributed by atoms with Crippen LogP contribution in [0, 0.1) is 0 Å². The molecule has 0 radical (unpaired) electrons. The van der Waals surface area contributed by atoms with Crippen molar-refractivity contribution in [3.05, 3.63) is 35.4 Å². The van der Waals surface area contributed by atoms with E-state index in [9.17, 15) is 0 Å². The number of hydrogen-bond acceptors (Lipinski definition) is 5. The van der Waals surface area contributed by atoms with Crippen LogP contribution in [-0.2, 0) is 10.8 Å². The predicted octanol–water partition coefficient (Wildman–Crippen LogP) is 8.66. The third-order valence-corrected chi connectivity index (χ3v) is 8.07. The lowest BCUT2D eigenvalue weighted by atomic mass is 9.84. The van der Waals surface area contributed by atoms with Gasteiger partial charge in [0.2, 0.25) is 0 Å². The fourth-order valence-corrected chi connectivity index (χ4v) is 6.08. The molecule has 1 aromatic heterocycles. The molecular formula is C28H42NO4P. The van der Waals surface area contributed by atoms with Gasteiger partial charge in [-0.1, -0.05) is 41.5 Å². The van der Waals surface area contributed by atoms with Crippen molar-refractivity contribution in [2.45, 2.75) is 92.2 Å². The Morgan fingerprint density at radius 2 is 1.03 bits per heavy atom. The number of rotatable bonds is 5. The molecule has 0 N–H and O–H groups in total. The minimum absolute atomic E-state index is 0.156. The second-order valence-corrected chi connectivity index (χ2v) is 12.9. The molecule has 2 aromatic carbocycles. The van der Waals surface area contributed by atoms with Gasteiger partial charge in [0.15, 0.2) is 0 Å². The highest BCUT2D eigenvalue weighted by atomic mass is 31.1. The molecule has 0 atom stereocenters. The van der Waals surface area contributed by atoms with E-state index in [0.29, 0.717) is 0 Å². The maximum absolute atomic E-state index is 6.89.